The molecule has 0 amide bonds. The largest absolute Gasteiger partial charge is 1.00 e. The van der Waals surface area contributed by atoms with Gasteiger partial charge in [-0.05, 0) is 18.1 Å². The van der Waals surface area contributed by atoms with Crippen LogP contribution >= 0.6 is 0 Å². The van der Waals surface area contributed by atoms with Crippen LogP contribution in [0.2, 0.25) is 0 Å². The third kappa shape index (κ3) is 5.87. The van der Waals surface area contributed by atoms with E-state index in [0.717, 1.165) is 6.08 Å². The summed E-state index contributed by atoms with van der Waals surface area (Å²) in [6.45, 7) is -3.00. The summed E-state index contributed by atoms with van der Waals surface area (Å²) in [5.74, 6) is 0.288. The van der Waals surface area contributed by atoms with Crippen LogP contribution in [0.4, 0.5) is 12.9 Å². The SMILES string of the molecule is CCc1ncccc1/C=C/[B-](F)(F)F.[K+]. The quantitative estimate of drug-likeness (QED) is 0.679. The van der Waals surface area contributed by atoms with E-state index in [-0.39, 0.29) is 57.4 Å². The second-order valence-electron chi connectivity index (χ2n) is 2.88. The van der Waals surface area contributed by atoms with Crippen LogP contribution in [-0.2, 0) is 6.42 Å². The normalized spacial score (nSPS) is 11.5. The van der Waals surface area contributed by atoms with Gasteiger partial charge in [-0.25, -0.2) is 0 Å². The number of aromatic nitrogens is 1. The third-order valence-electron chi connectivity index (χ3n) is 1.75. The van der Waals surface area contributed by atoms with Gasteiger partial charge in [0.15, 0.2) is 0 Å². The van der Waals surface area contributed by atoms with Crippen LogP contribution < -0.4 is 51.4 Å². The minimum absolute atomic E-state index is 0. The predicted octanol–water partition coefficient (Wildman–Crippen LogP) is 0.0478. The molecule has 0 saturated carbocycles. The van der Waals surface area contributed by atoms with E-state index >= 15 is 0 Å². The molecule has 0 aromatic carbocycles. The van der Waals surface area contributed by atoms with Crippen LogP contribution in [0.15, 0.2) is 24.3 Å². The van der Waals surface area contributed by atoms with E-state index in [1.165, 1.54) is 0 Å². The number of halogens is 3. The Kier molecular flexibility index (Phi) is 7.03. The van der Waals surface area contributed by atoms with Crippen molar-refractivity contribution >= 4 is 13.1 Å². The summed E-state index contributed by atoms with van der Waals surface area (Å²) < 4.78 is 35.8. The molecule has 6 heteroatoms. The molecule has 0 aliphatic carbocycles. The average molecular weight is 239 g/mol. The number of rotatable bonds is 3. The molecule has 0 spiro atoms. The molecule has 76 valence electrons. The van der Waals surface area contributed by atoms with E-state index < -0.39 is 6.98 Å². The molecule has 1 aromatic heterocycles. The Morgan fingerprint density at radius 2 is 2.07 bits per heavy atom. The Morgan fingerprint density at radius 1 is 1.40 bits per heavy atom. The molecule has 0 radical (unpaired) electrons. The van der Waals surface area contributed by atoms with Gasteiger partial charge >= 0.3 is 58.4 Å². The van der Waals surface area contributed by atoms with Gasteiger partial charge in [0.25, 0.3) is 0 Å². The average Bonchev–Trinajstić information content (AvgIpc) is 2.14. The zero-order chi connectivity index (χ0) is 10.6. The van der Waals surface area contributed by atoms with E-state index in [9.17, 15) is 12.9 Å². The molecule has 1 aromatic rings. The smallest absolute Gasteiger partial charge is 0.445 e. The van der Waals surface area contributed by atoms with Crippen molar-refractivity contribution in [3.8, 4) is 0 Å². The van der Waals surface area contributed by atoms with Gasteiger partial charge in [-0.2, -0.15) is 0 Å². The van der Waals surface area contributed by atoms with Gasteiger partial charge in [0.05, 0.1) is 0 Å². The fraction of sp³-hybridized carbons (Fsp3) is 0.222. The molecule has 15 heavy (non-hydrogen) atoms. The van der Waals surface area contributed by atoms with Gasteiger partial charge < -0.3 is 12.9 Å². The molecule has 0 N–H and O–H groups in total. The molecule has 0 unspecified atom stereocenters. The second-order valence-corrected chi connectivity index (χ2v) is 2.88. The molecule has 0 aliphatic heterocycles. The zero-order valence-corrected chi connectivity index (χ0v) is 11.9. The number of pyridine rings is 1. The maximum Gasteiger partial charge on any atom is 1.00 e. The molecule has 0 saturated heterocycles. The molecule has 0 atom stereocenters. The van der Waals surface area contributed by atoms with Crippen molar-refractivity contribution in [1.82, 2.24) is 4.98 Å². The second kappa shape index (κ2) is 6.86. The molecule has 0 aliphatic rings. The summed E-state index contributed by atoms with van der Waals surface area (Å²) in [5.41, 5.74) is 1.22. The Labute approximate surface area is 130 Å². The molecular formula is C9H10BF3KN. The maximum absolute atomic E-state index is 11.9. The van der Waals surface area contributed by atoms with Crippen molar-refractivity contribution in [1.29, 1.82) is 0 Å². The Morgan fingerprint density at radius 3 is 2.60 bits per heavy atom. The monoisotopic (exact) mass is 239 g/mol. The van der Waals surface area contributed by atoms with Gasteiger partial charge in [-0.1, -0.05) is 19.1 Å². The van der Waals surface area contributed by atoms with E-state index in [1.807, 2.05) is 6.92 Å². The van der Waals surface area contributed by atoms with Crippen LogP contribution in [0.25, 0.3) is 6.08 Å². The summed E-state index contributed by atoms with van der Waals surface area (Å²) in [6, 6.07) is 3.26. The van der Waals surface area contributed by atoms with Crippen LogP contribution in [0, 0.1) is 0 Å². The number of hydrogen-bond donors (Lipinski definition) is 0. The van der Waals surface area contributed by atoms with Crippen molar-refractivity contribution in [3.05, 3.63) is 35.6 Å². The molecule has 1 rings (SSSR count). The molecule has 1 heterocycles. The summed E-state index contributed by atoms with van der Waals surface area (Å²) in [5, 5.41) is 0. The standard InChI is InChI=1S/C9H10BF3N.K/c1-2-9-8(4-3-7-14-9)5-6-10(11,12)13;/h3-7H,2H2,1H3;/q-1;+1/b6-5+;. The van der Waals surface area contributed by atoms with Crippen LogP contribution in [0.5, 0.6) is 0 Å². The van der Waals surface area contributed by atoms with Gasteiger partial charge in [0.1, 0.15) is 0 Å². The molecule has 0 bridgehead atoms. The number of aryl methyl sites for hydroxylation is 1. The first-order chi connectivity index (χ1) is 6.53. The van der Waals surface area contributed by atoms with Gasteiger partial charge in [0.2, 0.25) is 0 Å². The first kappa shape index (κ1) is 15.4. The Hall–Kier alpha value is 0.381. The zero-order valence-electron chi connectivity index (χ0n) is 8.75. The van der Waals surface area contributed by atoms with E-state index in [0.29, 0.717) is 17.7 Å². The molecule has 0 fully saturated rings. The molecular weight excluding hydrogens is 229 g/mol. The Bertz CT molecular complexity index is 338. The van der Waals surface area contributed by atoms with Crippen molar-refractivity contribution < 1.29 is 64.3 Å². The summed E-state index contributed by atoms with van der Waals surface area (Å²) >= 11 is 0. The van der Waals surface area contributed by atoms with Gasteiger partial charge in [-0.3, -0.25) is 4.98 Å². The predicted molar refractivity (Wildman–Crippen MR) is 51.7 cm³/mol. The maximum atomic E-state index is 11.9. The van der Waals surface area contributed by atoms with Crippen molar-refractivity contribution in [2.75, 3.05) is 0 Å². The van der Waals surface area contributed by atoms with E-state index in [2.05, 4.69) is 4.98 Å². The minimum Gasteiger partial charge on any atom is -0.445 e. The fourth-order valence-corrected chi connectivity index (χ4v) is 1.11. The third-order valence-corrected chi connectivity index (χ3v) is 1.75. The van der Waals surface area contributed by atoms with Crippen molar-refractivity contribution in [2.45, 2.75) is 13.3 Å². The van der Waals surface area contributed by atoms with Crippen LogP contribution in [0.1, 0.15) is 18.2 Å². The topological polar surface area (TPSA) is 12.9 Å². The summed E-state index contributed by atoms with van der Waals surface area (Å²) in [6.07, 6.45) is 3.28. The fourth-order valence-electron chi connectivity index (χ4n) is 1.11. The minimum atomic E-state index is -4.86. The van der Waals surface area contributed by atoms with Crippen LogP contribution in [0.3, 0.4) is 0 Å². The van der Waals surface area contributed by atoms with Crippen molar-refractivity contribution in [2.24, 2.45) is 0 Å². The van der Waals surface area contributed by atoms with Gasteiger partial charge in [0, 0.05) is 11.9 Å². The first-order valence-corrected chi connectivity index (χ1v) is 4.36. The number of nitrogens with zero attached hydrogens (tertiary/aromatic N) is 1. The molecule has 1 nitrogen and oxygen atoms in total. The van der Waals surface area contributed by atoms with E-state index in [4.69, 9.17) is 0 Å². The summed E-state index contributed by atoms with van der Waals surface area (Å²) in [7, 11) is 0. The van der Waals surface area contributed by atoms with Crippen molar-refractivity contribution in [3.63, 3.8) is 0 Å². The summed E-state index contributed by atoms with van der Waals surface area (Å²) in [4.78, 5) is 3.99. The van der Waals surface area contributed by atoms with Crippen LogP contribution in [-0.4, -0.2) is 12.0 Å². The number of hydrogen-bond acceptors (Lipinski definition) is 1. The first-order valence-electron chi connectivity index (χ1n) is 4.36. The van der Waals surface area contributed by atoms with Gasteiger partial charge in [-0.15, -0.1) is 5.98 Å². The van der Waals surface area contributed by atoms with E-state index in [1.54, 1.807) is 18.3 Å². The Balaban J connectivity index is 0.00000196.